The normalized spacial score (nSPS) is 11.0. The second kappa shape index (κ2) is 6.15. The molecule has 9 nitrogen and oxygen atoms in total. The maximum absolute atomic E-state index is 11.3. The maximum atomic E-state index is 11.3. The molecule has 0 bridgehead atoms. The van der Waals surface area contributed by atoms with Crippen molar-refractivity contribution in [1.29, 1.82) is 0 Å². The van der Waals surface area contributed by atoms with Gasteiger partial charge < -0.3 is 13.9 Å². The largest absolute Gasteiger partial charge is 0.497 e. The first kappa shape index (κ1) is 16.1. The Morgan fingerprint density at radius 1 is 1.15 bits per heavy atom. The number of nitrogens with zero attached hydrogens (tertiary/aromatic N) is 3. The Balaban J connectivity index is 1.73. The molecule has 0 fully saturated rings. The maximum Gasteiger partial charge on any atom is 0.302 e. The molecular weight excluding hydrogens is 360 g/mol. The third kappa shape index (κ3) is 2.75. The molecule has 4 rings (SSSR count). The van der Waals surface area contributed by atoms with Gasteiger partial charge in [-0.3, -0.25) is 15.4 Å². The van der Waals surface area contributed by atoms with Gasteiger partial charge in [-0.2, -0.15) is 4.98 Å². The fraction of sp³-hybridized carbons (Fsp3) is 0.125. The average Bonchev–Trinajstić information content (AvgIpc) is 3.22. The van der Waals surface area contributed by atoms with Gasteiger partial charge in [0.1, 0.15) is 17.0 Å². The minimum Gasteiger partial charge on any atom is -0.497 e. The molecule has 0 aliphatic carbocycles. The molecule has 0 aliphatic heterocycles. The summed E-state index contributed by atoms with van der Waals surface area (Å²) in [5.41, 5.74) is 1.37. The van der Waals surface area contributed by atoms with Crippen LogP contribution < -0.4 is 14.8 Å². The minimum atomic E-state index is -0.486. The number of benzene rings is 2. The average molecular weight is 372 g/mol. The van der Waals surface area contributed by atoms with Crippen molar-refractivity contribution in [3.05, 3.63) is 40.4 Å². The Labute approximate surface area is 150 Å². The Morgan fingerprint density at radius 3 is 2.69 bits per heavy atom. The highest BCUT2D eigenvalue weighted by Gasteiger charge is 2.19. The van der Waals surface area contributed by atoms with Crippen molar-refractivity contribution >= 4 is 49.5 Å². The number of fused-ring (bicyclic) bond motifs is 2. The van der Waals surface area contributed by atoms with Crippen LogP contribution >= 0.6 is 11.3 Å². The van der Waals surface area contributed by atoms with Crippen LogP contribution in [0.2, 0.25) is 0 Å². The monoisotopic (exact) mass is 372 g/mol. The van der Waals surface area contributed by atoms with Gasteiger partial charge in [0.25, 0.3) is 5.69 Å². The molecule has 0 unspecified atom stereocenters. The number of thiazole rings is 1. The number of nitro benzene ring substituents is 1. The van der Waals surface area contributed by atoms with Crippen LogP contribution in [0, 0.1) is 10.1 Å². The molecule has 0 saturated heterocycles. The molecule has 1 N–H and O–H groups in total. The number of ether oxygens (including phenoxy) is 2. The molecular formula is C16H12N4O5S. The third-order valence-corrected chi connectivity index (χ3v) is 4.61. The Morgan fingerprint density at radius 2 is 1.96 bits per heavy atom. The van der Waals surface area contributed by atoms with Crippen molar-refractivity contribution in [3.8, 4) is 11.5 Å². The van der Waals surface area contributed by atoms with Crippen LogP contribution in [0.5, 0.6) is 11.5 Å². The van der Waals surface area contributed by atoms with E-state index in [9.17, 15) is 10.1 Å². The lowest BCUT2D eigenvalue weighted by Gasteiger charge is -1.99. The number of methoxy groups -OCH3 is 2. The van der Waals surface area contributed by atoms with Crippen LogP contribution in [-0.2, 0) is 0 Å². The van der Waals surface area contributed by atoms with Crippen LogP contribution in [0.25, 0.3) is 21.3 Å². The van der Waals surface area contributed by atoms with Gasteiger partial charge in [0.05, 0.1) is 29.9 Å². The second-order valence-electron chi connectivity index (χ2n) is 5.25. The van der Waals surface area contributed by atoms with Gasteiger partial charge >= 0.3 is 6.01 Å². The van der Waals surface area contributed by atoms with Crippen LogP contribution in [0.4, 0.5) is 16.8 Å². The fourth-order valence-corrected chi connectivity index (χ4v) is 3.38. The summed E-state index contributed by atoms with van der Waals surface area (Å²) in [5, 5.41) is 14.7. The predicted molar refractivity (Wildman–Crippen MR) is 96.7 cm³/mol. The topological polar surface area (TPSA) is 113 Å². The number of anilines is 2. The summed E-state index contributed by atoms with van der Waals surface area (Å²) < 4.78 is 16.5. The number of nitrogens with one attached hydrogen (secondary N) is 1. The highest BCUT2D eigenvalue weighted by atomic mass is 32.1. The minimum absolute atomic E-state index is 0.119. The SMILES string of the molecule is COc1ccc2oc(Nc3nc4c([N+](=O)[O-])cc(OC)cc4s3)nc2c1. The van der Waals surface area contributed by atoms with Crippen LogP contribution in [-0.4, -0.2) is 29.1 Å². The predicted octanol–water partition coefficient (Wildman–Crippen LogP) is 4.11. The molecule has 132 valence electrons. The summed E-state index contributed by atoms with van der Waals surface area (Å²) in [6, 6.07) is 8.55. The molecule has 0 radical (unpaired) electrons. The molecule has 0 saturated carbocycles. The lowest BCUT2D eigenvalue weighted by molar-refractivity contribution is -0.383. The van der Waals surface area contributed by atoms with Crippen molar-refractivity contribution in [2.24, 2.45) is 0 Å². The summed E-state index contributed by atoms with van der Waals surface area (Å²) in [4.78, 5) is 19.4. The van der Waals surface area contributed by atoms with Crippen molar-refractivity contribution in [3.63, 3.8) is 0 Å². The number of non-ortho nitro benzene ring substituents is 1. The van der Waals surface area contributed by atoms with E-state index < -0.39 is 4.92 Å². The third-order valence-electron chi connectivity index (χ3n) is 3.69. The summed E-state index contributed by atoms with van der Waals surface area (Å²) in [6.07, 6.45) is 0. The summed E-state index contributed by atoms with van der Waals surface area (Å²) in [6.45, 7) is 0. The highest BCUT2D eigenvalue weighted by Crippen LogP contribution is 2.37. The Hall–Kier alpha value is -3.40. The number of nitro groups is 1. The van der Waals surface area contributed by atoms with E-state index in [1.807, 2.05) is 0 Å². The van der Waals surface area contributed by atoms with E-state index in [0.29, 0.717) is 32.4 Å². The molecule has 26 heavy (non-hydrogen) atoms. The number of hydrogen-bond acceptors (Lipinski definition) is 9. The first-order valence-electron chi connectivity index (χ1n) is 7.42. The second-order valence-corrected chi connectivity index (χ2v) is 6.28. The van der Waals surface area contributed by atoms with E-state index in [1.54, 1.807) is 31.4 Å². The van der Waals surface area contributed by atoms with E-state index in [4.69, 9.17) is 13.9 Å². The van der Waals surface area contributed by atoms with Gasteiger partial charge in [-0.05, 0) is 12.1 Å². The number of hydrogen-bond donors (Lipinski definition) is 1. The molecule has 10 heteroatoms. The lowest BCUT2D eigenvalue weighted by atomic mass is 10.3. The van der Waals surface area contributed by atoms with E-state index in [2.05, 4.69) is 15.3 Å². The van der Waals surface area contributed by atoms with Gasteiger partial charge in [0.2, 0.25) is 0 Å². The highest BCUT2D eigenvalue weighted by molar-refractivity contribution is 7.22. The molecule has 0 amide bonds. The van der Waals surface area contributed by atoms with Crippen LogP contribution in [0.1, 0.15) is 0 Å². The van der Waals surface area contributed by atoms with Gasteiger partial charge in [-0.15, -0.1) is 0 Å². The van der Waals surface area contributed by atoms with Gasteiger partial charge in [0, 0.05) is 12.1 Å². The molecule has 0 spiro atoms. The summed E-state index contributed by atoms with van der Waals surface area (Å²) >= 11 is 1.24. The van der Waals surface area contributed by atoms with Gasteiger partial charge in [-0.25, -0.2) is 4.98 Å². The number of rotatable bonds is 5. The van der Waals surface area contributed by atoms with Crippen LogP contribution in [0.15, 0.2) is 34.7 Å². The quantitative estimate of drug-likeness (QED) is 0.411. The van der Waals surface area contributed by atoms with Crippen molar-refractivity contribution in [2.45, 2.75) is 0 Å². The fourth-order valence-electron chi connectivity index (χ4n) is 2.48. The zero-order valence-corrected chi connectivity index (χ0v) is 14.5. The van der Waals surface area contributed by atoms with E-state index >= 15 is 0 Å². The Bertz CT molecular complexity index is 1140. The molecule has 2 aromatic carbocycles. The first-order chi connectivity index (χ1) is 12.6. The van der Waals surface area contributed by atoms with Crippen molar-refractivity contribution < 1.29 is 18.8 Å². The molecule has 0 aliphatic rings. The number of oxazole rings is 1. The van der Waals surface area contributed by atoms with E-state index in [0.717, 1.165) is 0 Å². The van der Waals surface area contributed by atoms with E-state index in [-0.39, 0.29) is 17.2 Å². The lowest BCUT2D eigenvalue weighted by Crippen LogP contribution is -1.92. The molecule has 2 heterocycles. The molecule has 2 aromatic heterocycles. The zero-order valence-electron chi connectivity index (χ0n) is 13.7. The first-order valence-corrected chi connectivity index (χ1v) is 8.23. The van der Waals surface area contributed by atoms with Crippen molar-refractivity contribution in [2.75, 3.05) is 19.5 Å². The molecule has 4 aromatic rings. The standard InChI is InChI=1S/C16H12N4O5S/c1-23-8-3-4-12-10(5-8)17-15(25-12)19-16-18-14-11(20(21)22)6-9(24-2)7-13(14)26-16/h3-7H,1-2H3,(H,17,18,19). The van der Waals surface area contributed by atoms with Gasteiger partial charge in [0.15, 0.2) is 16.2 Å². The van der Waals surface area contributed by atoms with Crippen molar-refractivity contribution in [1.82, 2.24) is 9.97 Å². The molecule has 0 atom stereocenters. The van der Waals surface area contributed by atoms with Crippen LogP contribution in [0.3, 0.4) is 0 Å². The summed E-state index contributed by atoms with van der Waals surface area (Å²) in [5.74, 6) is 1.06. The Kier molecular flexibility index (Phi) is 3.81. The van der Waals surface area contributed by atoms with Gasteiger partial charge in [-0.1, -0.05) is 11.3 Å². The zero-order chi connectivity index (χ0) is 18.3. The summed E-state index contributed by atoms with van der Waals surface area (Å²) in [7, 11) is 3.03. The number of aromatic nitrogens is 2. The smallest absolute Gasteiger partial charge is 0.302 e. The van der Waals surface area contributed by atoms with E-state index in [1.165, 1.54) is 24.5 Å².